The number of esters is 1. The highest BCUT2D eigenvalue weighted by molar-refractivity contribution is 7.92. The molecule has 35 heavy (non-hydrogen) atoms. The zero-order valence-electron chi connectivity index (χ0n) is 20.4. The summed E-state index contributed by atoms with van der Waals surface area (Å²) in [5.74, 6) is -2.27. The van der Waals surface area contributed by atoms with Crippen molar-refractivity contribution in [2.45, 2.75) is 64.1 Å². The van der Waals surface area contributed by atoms with Gasteiger partial charge in [0.25, 0.3) is 10.0 Å². The Morgan fingerprint density at radius 3 is 2.51 bits per heavy atom. The predicted molar refractivity (Wildman–Crippen MR) is 127 cm³/mol. The molecule has 0 aliphatic carbocycles. The Balaban J connectivity index is 2.04. The minimum absolute atomic E-state index is 0.0764. The molecular weight excluding hydrogens is 477 g/mol. The minimum Gasteiger partial charge on any atom is -0.486 e. The molecule has 1 N–H and O–H groups in total. The molecule has 10 heteroatoms. The lowest BCUT2D eigenvalue weighted by molar-refractivity contribution is -0.154. The number of rotatable bonds is 7. The molecule has 2 atom stereocenters. The van der Waals surface area contributed by atoms with Gasteiger partial charge >= 0.3 is 11.9 Å². The largest absolute Gasteiger partial charge is 0.486 e. The van der Waals surface area contributed by atoms with Crippen LogP contribution in [0.3, 0.4) is 0 Å². The quantitative estimate of drug-likeness (QED) is 0.562. The van der Waals surface area contributed by atoms with Gasteiger partial charge in [0, 0.05) is 5.92 Å². The van der Waals surface area contributed by atoms with Crippen LogP contribution in [0.5, 0.6) is 5.75 Å². The highest BCUT2D eigenvalue weighted by atomic mass is 32.2. The van der Waals surface area contributed by atoms with Crippen molar-refractivity contribution in [1.82, 2.24) is 0 Å². The Morgan fingerprint density at radius 1 is 1.23 bits per heavy atom. The highest BCUT2D eigenvalue weighted by Gasteiger charge is 2.37. The van der Waals surface area contributed by atoms with Crippen molar-refractivity contribution in [1.29, 1.82) is 0 Å². The first-order chi connectivity index (χ1) is 16.2. The molecule has 0 fully saturated rings. The van der Waals surface area contributed by atoms with Crippen molar-refractivity contribution < 1.29 is 37.0 Å². The molecule has 0 bridgehead atoms. The second-order valence-corrected chi connectivity index (χ2v) is 11.6. The lowest BCUT2D eigenvalue weighted by atomic mass is 9.99. The average Bonchev–Trinajstić information content (AvgIpc) is 2.72. The maximum atomic E-state index is 13.8. The number of aryl methyl sites for hydroxylation is 1. The minimum atomic E-state index is -4.16. The molecule has 1 aliphatic heterocycles. The van der Waals surface area contributed by atoms with E-state index in [0.717, 1.165) is 10.4 Å². The van der Waals surface area contributed by atoms with Gasteiger partial charge in [-0.2, -0.15) is 0 Å². The molecule has 1 heterocycles. The fourth-order valence-corrected chi connectivity index (χ4v) is 5.37. The second kappa shape index (κ2) is 9.85. The van der Waals surface area contributed by atoms with E-state index in [1.54, 1.807) is 45.9 Å². The Labute approximate surface area is 204 Å². The van der Waals surface area contributed by atoms with Crippen LogP contribution >= 0.6 is 0 Å². The molecule has 2 aromatic rings. The second-order valence-electron chi connectivity index (χ2n) is 9.74. The molecule has 0 amide bonds. The van der Waals surface area contributed by atoms with Crippen molar-refractivity contribution in [2.75, 3.05) is 10.8 Å². The number of nitrogens with zero attached hydrogens (tertiary/aromatic N) is 1. The van der Waals surface area contributed by atoms with E-state index >= 15 is 0 Å². The number of halogens is 1. The van der Waals surface area contributed by atoms with Gasteiger partial charge in [-0.15, -0.1) is 0 Å². The van der Waals surface area contributed by atoms with Gasteiger partial charge in [-0.1, -0.05) is 13.0 Å². The number of aliphatic carboxylic acids is 1. The van der Waals surface area contributed by atoms with Crippen molar-refractivity contribution in [2.24, 2.45) is 5.92 Å². The standard InChI is InChI=1S/C25H30FNO7S/c1-15-10-18(7-8-19(15)26)35(31,32)27-14-22(16(2)11-23(28)29)33-21-9-6-17(12-20(21)27)13-24(30)34-25(3,4)5/h6-10,12,16,22H,11,13-14H2,1-5H3,(H,28,29)/t16-,22-/m1/s1. The number of carbonyl (C=O) groups excluding carboxylic acids is 1. The monoisotopic (exact) mass is 507 g/mol. The topological polar surface area (TPSA) is 110 Å². The third kappa shape index (κ3) is 6.30. The van der Waals surface area contributed by atoms with Gasteiger partial charge < -0.3 is 14.6 Å². The number of anilines is 1. The van der Waals surface area contributed by atoms with Gasteiger partial charge in [0.1, 0.15) is 23.3 Å². The summed E-state index contributed by atoms with van der Waals surface area (Å²) in [6.07, 6.45) is -1.01. The van der Waals surface area contributed by atoms with Crippen LogP contribution < -0.4 is 9.04 Å². The lowest BCUT2D eigenvalue weighted by Crippen LogP contribution is -2.46. The number of fused-ring (bicyclic) bond motifs is 1. The van der Waals surface area contributed by atoms with Crippen LogP contribution in [-0.2, 0) is 30.8 Å². The van der Waals surface area contributed by atoms with E-state index in [4.69, 9.17) is 9.47 Å². The van der Waals surface area contributed by atoms with Gasteiger partial charge in [0.2, 0.25) is 0 Å². The fraction of sp³-hybridized carbons (Fsp3) is 0.440. The first kappa shape index (κ1) is 26.5. The van der Waals surface area contributed by atoms with Gasteiger partial charge in [-0.3, -0.25) is 13.9 Å². The van der Waals surface area contributed by atoms with Crippen molar-refractivity contribution in [3.63, 3.8) is 0 Å². The Kier molecular flexibility index (Phi) is 7.45. The van der Waals surface area contributed by atoms with Crippen molar-refractivity contribution in [3.05, 3.63) is 53.3 Å². The molecule has 0 spiro atoms. The fourth-order valence-electron chi connectivity index (χ4n) is 3.81. The summed E-state index contributed by atoms with van der Waals surface area (Å²) in [6, 6.07) is 8.28. The molecule has 2 aromatic carbocycles. The van der Waals surface area contributed by atoms with Crippen LogP contribution in [0.25, 0.3) is 0 Å². The van der Waals surface area contributed by atoms with Crippen LogP contribution in [0.1, 0.15) is 45.2 Å². The molecule has 0 saturated carbocycles. The van der Waals surface area contributed by atoms with Crippen molar-refractivity contribution in [3.8, 4) is 5.75 Å². The maximum Gasteiger partial charge on any atom is 0.310 e. The number of hydrogen-bond acceptors (Lipinski definition) is 6. The first-order valence-corrected chi connectivity index (χ1v) is 12.6. The third-order valence-corrected chi connectivity index (χ3v) is 7.31. The number of hydrogen-bond donors (Lipinski definition) is 1. The van der Waals surface area contributed by atoms with Crippen LogP contribution in [0.4, 0.5) is 10.1 Å². The van der Waals surface area contributed by atoms with Crippen molar-refractivity contribution >= 4 is 27.6 Å². The number of ether oxygens (including phenoxy) is 2. The molecular formula is C25H30FNO7S. The molecule has 1 aliphatic rings. The summed E-state index contributed by atoms with van der Waals surface area (Å²) in [5.41, 5.74) is 0.243. The lowest BCUT2D eigenvalue weighted by Gasteiger charge is -2.38. The average molecular weight is 508 g/mol. The number of carboxylic acids is 1. The van der Waals surface area contributed by atoms with E-state index in [9.17, 15) is 27.5 Å². The van der Waals surface area contributed by atoms with Crippen LogP contribution in [0, 0.1) is 18.7 Å². The van der Waals surface area contributed by atoms with Gasteiger partial charge in [0.05, 0.1) is 30.0 Å². The first-order valence-electron chi connectivity index (χ1n) is 11.2. The van der Waals surface area contributed by atoms with E-state index in [1.807, 2.05) is 0 Å². The van der Waals surface area contributed by atoms with E-state index in [0.29, 0.717) is 5.56 Å². The molecule has 3 rings (SSSR count). The molecule has 190 valence electrons. The van der Waals surface area contributed by atoms with E-state index in [-0.39, 0.29) is 41.3 Å². The normalized spacial score (nSPS) is 16.7. The molecule has 0 radical (unpaired) electrons. The number of carboxylic acid groups (broad SMARTS) is 1. The van der Waals surface area contributed by atoms with Crippen LogP contribution in [-0.4, -0.2) is 43.7 Å². The van der Waals surface area contributed by atoms with Gasteiger partial charge in [-0.25, -0.2) is 12.8 Å². The van der Waals surface area contributed by atoms with Gasteiger partial charge in [0.15, 0.2) is 0 Å². The molecule has 0 saturated heterocycles. The van der Waals surface area contributed by atoms with Crippen LogP contribution in [0.15, 0.2) is 41.3 Å². The summed E-state index contributed by atoms with van der Waals surface area (Å²) in [6.45, 7) is 8.26. The summed E-state index contributed by atoms with van der Waals surface area (Å²) in [7, 11) is -4.16. The summed E-state index contributed by atoms with van der Waals surface area (Å²) < 4.78 is 53.6. The van der Waals surface area contributed by atoms with Crippen LogP contribution in [0.2, 0.25) is 0 Å². The molecule has 0 aromatic heterocycles. The van der Waals surface area contributed by atoms with Gasteiger partial charge in [-0.05, 0) is 69.2 Å². The maximum absolute atomic E-state index is 13.8. The Morgan fingerprint density at radius 2 is 1.91 bits per heavy atom. The number of carbonyl (C=O) groups is 2. The van der Waals surface area contributed by atoms with E-state index in [2.05, 4.69) is 0 Å². The Bertz CT molecular complexity index is 1240. The zero-order chi connectivity index (χ0) is 26.1. The Hall–Kier alpha value is -3.14. The van der Waals surface area contributed by atoms with E-state index in [1.165, 1.54) is 19.1 Å². The molecule has 8 nitrogen and oxygen atoms in total. The molecule has 0 unspecified atom stereocenters. The number of sulfonamides is 1. The highest BCUT2D eigenvalue weighted by Crippen LogP contribution is 2.39. The smallest absolute Gasteiger partial charge is 0.310 e. The summed E-state index contributed by atoms with van der Waals surface area (Å²) in [4.78, 5) is 23.5. The predicted octanol–water partition coefficient (Wildman–Crippen LogP) is 4.09. The number of benzene rings is 2. The third-order valence-electron chi connectivity index (χ3n) is 5.53. The zero-order valence-corrected chi connectivity index (χ0v) is 21.2. The van der Waals surface area contributed by atoms with E-state index < -0.39 is 45.4 Å². The summed E-state index contributed by atoms with van der Waals surface area (Å²) in [5, 5.41) is 9.20. The SMILES string of the molecule is Cc1cc(S(=O)(=O)N2C[C@H]([C@H](C)CC(=O)O)Oc3ccc(CC(=O)OC(C)(C)C)cc32)ccc1F. The summed E-state index contributed by atoms with van der Waals surface area (Å²) >= 11 is 0.